The van der Waals surface area contributed by atoms with Crippen molar-refractivity contribution in [1.82, 2.24) is 5.32 Å². The molecule has 0 heterocycles. The van der Waals surface area contributed by atoms with Crippen LogP contribution < -0.4 is 5.32 Å². The Morgan fingerprint density at radius 1 is 1.38 bits per heavy atom. The van der Waals surface area contributed by atoms with Crippen molar-refractivity contribution in [1.29, 1.82) is 0 Å². The molecule has 1 rings (SSSR count). The Labute approximate surface area is 77.4 Å². The first-order valence-corrected chi connectivity index (χ1v) is 4.67. The summed E-state index contributed by atoms with van der Waals surface area (Å²) in [5, 5.41) is 3.08. The maximum absolute atomic E-state index is 10.8. The standard InChI is InChI=1S/C9H14N2O2/c12-7-11-9(13)6-10-8-4-2-1-3-5-8/h8,10H,1-6H2. The molecule has 1 aliphatic rings. The van der Waals surface area contributed by atoms with E-state index in [1.807, 2.05) is 0 Å². The van der Waals surface area contributed by atoms with Gasteiger partial charge >= 0.3 is 0 Å². The third-order valence-corrected chi connectivity index (χ3v) is 2.32. The fourth-order valence-electron chi connectivity index (χ4n) is 1.63. The van der Waals surface area contributed by atoms with E-state index in [0.29, 0.717) is 6.04 Å². The molecule has 4 nitrogen and oxygen atoms in total. The summed E-state index contributed by atoms with van der Waals surface area (Å²) in [5.74, 6) is -0.430. The predicted molar refractivity (Wildman–Crippen MR) is 48.0 cm³/mol. The van der Waals surface area contributed by atoms with Gasteiger partial charge in [0.05, 0.1) is 6.54 Å². The number of hydrogen-bond donors (Lipinski definition) is 1. The third-order valence-electron chi connectivity index (χ3n) is 2.32. The molecule has 4 heteroatoms. The first-order chi connectivity index (χ1) is 6.33. The minimum absolute atomic E-state index is 0.167. The molecular weight excluding hydrogens is 168 g/mol. The van der Waals surface area contributed by atoms with Gasteiger partial charge < -0.3 is 5.32 Å². The molecule has 0 saturated heterocycles. The highest BCUT2D eigenvalue weighted by Crippen LogP contribution is 2.16. The molecule has 0 radical (unpaired) electrons. The Morgan fingerprint density at radius 2 is 2.08 bits per heavy atom. The quantitative estimate of drug-likeness (QED) is 0.518. The van der Waals surface area contributed by atoms with Gasteiger partial charge in [-0.3, -0.25) is 4.79 Å². The molecule has 13 heavy (non-hydrogen) atoms. The van der Waals surface area contributed by atoms with Crippen molar-refractivity contribution in [3.63, 3.8) is 0 Å². The van der Waals surface area contributed by atoms with Crippen LogP contribution >= 0.6 is 0 Å². The fraction of sp³-hybridized carbons (Fsp3) is 0.778. The maximum atomic E-state index is 10.8. The number of nitrogens with one attached hydrogen (secondary N) is 1. The Kier molecular flexibility index (Phi) is 4.36. The third kappa shape index (κ3) is 3.97. The minimum Gasteiger partial charge on any atom is -0.306 e. The average molecular weight is 182 g/mol. The van der Waals surface area contributed by atoms with E-state index in [1.165, 1.54) is 25.3 Å². The van der Waals surface area contributed by atoms with Crippen LogP contribution in [0, 0.1) is 0 Å². The number of carbonyl (C=O) groups is 1. The summed E-state index contributed by atoms with van der Waals surface area (Å²) in [5.41, 5.74) is 0. The molecule has 0 aromatic rings. The lowest BCUT2D eigenvalue weighted by molar-refractivity contribution is -0.117. The number of nitrogens with zero attached hydrogens (tertiary/aromatic N) is 1. The summed E-state index contributed by atoms with van der Waals surface area (Å²) in [4.78, 5) is 23.5. The number of carbonyl (C=O) groups excluding carboxylic acids is 2. The second-order valence-electron chi connectivity index (χ2n) is 3.31. The van der Waals surface area contributed by atoms with Gasteiger partial charge in [0.25, 0.3) is 5.91 Å². The van der Waals surface area contributed by atoms with Crippen molar-refractivity contribution in [2.45, 2.75) is 38.1 Å². The van der Waals surface area contributed by atoms with Crippen molar-refractivity contribution in [2.75, 3.05) is 6.54 Å². The van der Waals surface area contributed by atoms with E-state index in [2.05, 4.69) is 10.3 Å². The molecule has 1 N–H and O–H groups in total. The largest absolute Gasteiger partial charge is 0.306 e. The molecule has 0 unspecified atom stereocenters. The first-order valence-electron chi connectivity index (χ1n) is 4.67. The smallest absolute Gasteiger partial charge is 0.270 e. The van der Waals surface area contributed by atoms with Crippen LogP contribution in [-0.2, 0) is 9.59 Å². The second kappa shape index (κ2) is 5.62. The first kappa shape index (κ1) is 10.1. The van der Waals surface area contributed by atoms with Gasteiger partial charge in [-0.25, -0.2) is 4.79 Å². The van der Waals surface area contributed by atoms with Gasteiger partial charge in [0.2, 0.25) is 6.08 Å². The number of amides is 1. The van der Waals surface area contributed by atoms with Crippen LogP contribution in [0.1, 0.15) is 32.1 Å². The van der Waals surface area contributed by atoms with E-state index in [-0.39, 0.29) is 6.54 Å². The molecule has 0 spiro atoms. The van der Waals surface area contributed by atoms with E-state index >= 15 is 0 Å². The molecule has 0 aromatic heterocycles. The lowest BCUT2D eigenvalue weighted by Crippen LogP contribution is -2.34. The van der Waals surface area contributed by atoms with Crippen LogP contribution in [0.3, 0.4) is 0 Å². The van der Waals surface area contributed by atoms with Crippen LogP contribution in [0.5, 0.6) is 0 Å². The monoisotopic (exact) mass is 182 g/mol. The van der Waals surface area contributed by atoms with Gasteiger partial charge in [0, 0.05) is 6.04 Å². The topological polar surface area (TPSA) is 58.5 Å². The Balaban J connectivity index is 2.17. The summed E-state index contributed by atoms with van der Waals surface area (Å²) in [6, 6.07) is 0.430. The van der Waals surface area contributed by atoms with E-state index in [0.717, 1.165) is 12.8 Å². The molecule has 1 aliphatic carbocycles. The van der Waals surface area contributed by atoms with Crippen molar-refractivity contribution in [3.8, 4) is 0 Å². The highest BCUT2D eigenvalue weighted by molar-refractivity contribution is 5.83. The summed E-state index contributed by atoms with van der Waals surface area (Å²) >= 11 is 0. The van der Waals surface area contributed by atoms with Crippen LogP contribution in [0.4, 0.5) is 0 Å². The van der Waals surface area contributed by atoms with Crippen molar-refractivity contribution < 1.29 is 9.59 Å². The Hall–Kier alpha value is -0.990. The number of rotatable bonds is 3. The Bertz CT molecular complexity index is 216. The normalized spacial score (nSPS) is 17.8. The van der Waals surface area contributed by atoms with E-state index in [1.54, 1.807) is 0 Å². The predicted octanol–water partition coefficient (Wildman–Crippen LogP) is 0.771. The van der Waals surface area contributed by atoms with Crippen LogP contribution in [0.2, 0.25) is 0 Å². The van der Waals surface area contributed by atoms with E-state index in [9.17, 15) is 9.59 Å². The van der Waals surface area contributed by atoms with Crippen LogP contribution in [0.15, 0.2) is 4.99 Å². The zero-order valence-electron chi connectivity index (χ0n) is 7.58. The Morgan fingerprint density at radius 3 is 2.69 bits per heavy atom. The van der Waals surface area contributed by atoms with Gasteiger partial charge in [-0.2, -0.15) is 0 Å². The highest BCUT2D eigenvalue weighted by atomic mass is 16.2. The van der Waals surface area contributed by atoms with Crippen molar-refractivity contribution in [2.24, 2.45) is 4.99 Å². The summed E-state index contributed by atoms with van der Waals surface area (Å²) in [6.07, 6.45) is 7.23. The van der Waals surface area contributed by atoms with Gasteiger partial charge in [0.15, 0.2) is 0 Å². The lowest BCUT2D eigenvalue weighted by Gasteiger charge is -2.21. The fourth-order valence-corrected chi connectivity index (χ4v) is 1.63. The minimum atomic E-state index is -0.430. The van der Waals surface area contributed by atoms with Crippen molar-refractivity contribution >= 4 is 12.0 Å². The second-order valence-corrected chi connectivity index (χ2v) is 3.31. The number of aliphatic imine (C=N–C) groups is 1. The van der Waals surface area contributed by atoms with Gasteiger partial charge in [-0.1, -0.05) is 19.3 Å². The van der Waals surface area contributed by atoms with Gasteiger partial charge in [-0.15, -0.1) is 4.99 Å². The zero-order chi connectivity index (χ0) is 9.52. The molecular formula is C9H14N2O2. The molecule has 72 valence electrons. The van der Waals surface area contributed by atoms with E-state index < -0.39 is 5.91 Å². The average Bonchev–Trinajstić information content (AvgIpc) is 2.17. The van der Waals surface area contributed by atoms with Gasteiger partial charge in [-0.05, 0) is 12.8 Å². The maximum Gasteiger partial charge on any atom is 0.270 e. The lowest BCUT2D eigenvalue weighted by atomic mass is 9.95. The van der Waals surface area contributed by atoms with Crippen LogP contribution in [0.25, 0.3) is 0 Å². The number of isocyanates is 1. The molecule has 0 aliphatic heterocycles. The zero-order valence-corrected chi connectivity index (χ0v) is 7.58. The SMILES string of the molecule is O=C=NC(=O)CNC1CCCCC1. The van der Waals surface area contributed by atoms with Crippen LogP contribution in [-0.4, -0.2) is 24.6 Å². The summed E-state index contributed by atoms with van der Waals surface area (Å²) in [6.45, 7) is 0.167. The molecule has 1 saturated carbocycles. The molecule has 0 atom stereocenters. The highest BCUT2D eigenvalue weighted by Gasteiger charge is 2.13. The summed E-state index contributed by atoms with van der Waals surface area (Å²) in [7, 11) is 0. The molecule has 0 bridgehead atoms. The van der Waals surface area contributed by atoms with Gasteiger partial charge in [0.1, 0.15) is 0 Å². The molecule has 1 fully saturated rings. The molecule has 0 aromatic carbocycles. The molecule has 1 amide bonds. The number of hydrogen-bond acceptors (Lipinski definition) is 3. The van der Waals surface area contributed by atoms with Crippen molar-refractivity contribution in [3.05, 3.63) is 0 Å². The summed E-state index contributed by atoms with van der Waals surface area (Å²) < 4.78 is 0. The van der Waals surface area contributed by atoms with E-state index in [4.69, 9.17) is 0 Å².